The first-order valence-electron chi connectivity index (χ1n) is 10.7. The van der Waals surface area contributed by atoms with Gasteiger partial charge in [-0.25, -0.2) is 4.79 Å². The lowest BCUT2D eigenvalue weighted by molar-refractivity contribution is -0.141. The van der Waals surface area contributed by atoms with E-state index in [0.717, 1.165) is 22.3 Å². The van der Waals surface area contributed by atoms with E-state index in [4.69, 9.17) is 9.84 Å². The van der Waals surface area contributed by atoms with Crippen molar-refractivity contribution in [2.45, 2.75) is 24.9 Å². The van der Waals surface area contributed by atoms with E-state index >= 15 is 0 Å². The first-order valence-corrected chi connectivity index (χ1v) is 10.7. The molecule has 2 atom stereocenters. The summed E-state index contributed by atoms with van der Waals surface area (Å²) < 4.78 is 5.55. The van der Waals surface area contributed by atoms with Crippen LogP contribution in [0.3, 0.4) is 0 Å². The molecule has 0 spiro atoms. The molecule has 3 aromatic carbocycles. The maximum atomic E-state index is 12.7. The lowest BCUT2D eigenvalue weighted by Crippen LogP contribution is -2.46. The number of alkyl carbamates (subject to hydrolysis) is 1. The van der Waals surface area contributed by atoms with Crippen LogP contribution in [0.15, 0.2) is 78.9 Å². The number of carbonyl (C=O) groups is 3. The Balaban J connectivity index is 1.48. The van der Waals surface area contributed by atoms with Crippen LogP contribution in [0.25, 0.3) is 11.1 Å². The van der Waals surface area contributed by atoms with Gasteiger partial charge in [0.05, 0.1) is 0 Å². The summed E-state index contributed by atoms with van der Waals surface area (Å²) in [4.78, 5) is 36.6. The van der Waals surface area contributed by atoms with Gasteiger partial charge < -0.3 is 20.5 Å². The Hall–Kier alpha value is -4.13. The molecular formula is C26H24N2O5. The predicted molar refractivity (Wildman–Crippen MR) is 123 cm³/mol. The SMILES string of the molecule is CC(NC(=O)[C@H](NC(=O)OCC1c2ccccc2-c2ccccc21)c1ccccc1)C(=O)O. The minimum Gasteiger partial charge on any atom is -0.480 e. The number of hydrogen-bond acceptors (Lipinski definition) is 4. The number of hydrogen-bond donors (Lipinski definition) is 3. The molecule has 1 aliphatic rings. The second-order valence-electron chi connectivity index (χ2n) is 7.88. The molecule has 0 aromatic heterocycles. The lowest BCUT2D eigenvalue weighted by atomic mass is 9.98. The summed E-state index contributed by atoms with van der Waals surface area (Å²) in [6.45, 7) is 1.46. The normalized spacial score (nSPS) is 13.8. The summed E-state index contributed by atoms with van der Waals surface area (Å²) in [5.41, 5.74) is 4.91. The van der Waals surface area contributed by atoms with Crippen LogP contribution in [0, 0.1) is 0 Å². The summed E-state index contributed by atoms with van der Waals surface area (Å²) >= 11 is 0. The van der Waals surface area contributed by atoms with Gasteiger partial charge in [-0.2, -0.15) is 0 Å². The zero-order chi connectivity index (χ0) is 23.4. The first-order chi connectivity index (χ1) is 16.0. The third-order valence-electron chi connectivity index (χ3n) is 5.73. The highest BCUT2D eigenvalue weighted by Gasteiger charge is 2.30. The number of amides is 2. The zero-order valence-corrected chi connectivity index (χ0v) is 18.0. The number of aliphatic carboxylic acids is 1. The molecule has 7 nitrogen and oxygen atoms in total. The highest BCUT2D eigenvalue weighted by atomic mass is 16.5. The average molecular weight is 444 g/mol. The van der Waals surface area contributed by atoms with Gasteiger partial charge in [-0.1, -0.05) is 78.9 Å². The molecule has 1 aliphatic carbocycles. The first kappa shape index (κ1) is 22.1. The van der Waals surface area contributed by atoms with Crippen LogP contribution < -0.4 is 10.6 Å². The largest absolute Gasteiger partial charge is 0.480 e. The molecule has 3 aromatic rings. The van der Waals surface area contributed by atoms with E-state index in [0.29, 0.717) is 5.56 Å². The fourth-order valence-corrected chi connectivity index (χ4v) is 4.06. The molecule has 0 heterocycles. The molecule has 4 rings (SSSR count). The van der Waals surface area contributed by atoms with E-state index in [9.17, 15) is 14.4 Å². The average Bonchev–Trinajstić information content (AvgIpc) is 3.15. The summed E-state index contributed by atoms with van der Waals surface area (Å²) in [5, 5.41) is 14.1. The predicted octanol–water partition coefficient (Wildman–Crippen LogP) is 3.86. The van der Waals surface area contributed by atoms with Crippen molar-refractivity contribution in [2.24, 2.45) is 0 Å². The summed E-state index contributed by atoms with van der Waals surface area (Å²) in [6.07, 6.45) is -0.760. The molecule has 0 aliphatic heterocycles. The minimum atomic E-state index is -1.17. The Morgan fingerprint density at radius 2 is 1.39 bits per heavy atom. The van der Waals surface area contributed by atoms with Crippen LogP contribution >= 0.6 is 0 Å². The van der Waals surface area contributed by atoms with Crippen LogP contribution in [0.4, 0.5) is 4.79 Å². The summed E-state index contributed by atoms with van der Waals surface area (Å²) in [7, 11) is 0. The number of fused-ring (bicyclic) bond motifs is 3. The van der Waals surface area contributed by atoms with Gasteiger partial charge in [-0.3, -0.25) is 9.59 Å². The smallest absolute Gasteiger partial charge is 0.408 e. The van der Waals surface area contributed by atoms with E-state index in [-0.39, 0.29) is 12.5 Å². The lowest BCUT2D eigenvalue weighted by Gasteiger charge is -2.21. The standard InChI is InChI=1S/C26H24N2O5/c1-16(25(30)31)27-24(29)23(17-9-3-2-4-10-17)28-26(32)33-15-22-20-13-7-5-11-18(20)19-12-6-8-14-21(19)22/h2-14,16,22-23H,15H2,1H3,(H,27,29)(H,28,32)(H,30,31)/t16?,23-/m1/s1. The van der Waals surface area contributed by atoms with Crippen LogP contribution in [0.2, 0.25) is 0 Å². The van der Waals surface area contributed by atoms with Crippen molar-refractivity contribution in [3.63, 3.8) is 0 Å². The molecule has 33 heavy (non-hydrogen) atoms. The third kappa shape index (κ3) is 4.72. The molecule has 0 saturated carbocycles. The van der Waals surface area contributed by atoms with Crippen LogP contribution in [-0.4, -0.2) is 35.7 Å². The van der Waals surface area contributed by atoms with Crippen molar-refractivity contribution in [3.05, 3.63) is 95.6 Å². The number of ether oxygens (including phenoxy) is 1. The molecule has 0 radical (unpaired) electrons. The van der Waals surface area contributed by atoms with E-state index in [1.807, 2.05) is 48.5 Å². The maximum absolute atomic E-state index is 12.7. The van der Waals surface area contributed by atoms with Gasteiger partial charge in [0.2, 0.25) is 5.91 Å². The van der Waals surface area contributed by atoms with E-state index < -0.39 is 30.1 Å². The van der Waals surface area contributed by atoms with Crippen molar-refractivity contribution >= 4 is 18.0 Å². The van der Waals surface area contributed by atoms with Crippen molar-refractivity contribution in [1.29, 1.82) is 0 Å². The van der Waals surface area contributed by atoms with Gasteiger partial charge >= 0.3 is 12.1 Å². The fraction of sp³-hybridized carbons (Fsp3) is 0.192. The molecule has 0 bridgehead atoms. The molecule has 2 amide bonds. The minimum absolute atomic E-state index is 0.106. The molecule has 0 fully saturated rings. The maximum Gasteiger partial charge on any atom is 0.408 e. The van der Waals surface area contributed by atoms with Gasteiger partial charge in [0.15, 0.2) is 0 Å². The molecule has 1 unspecified atom stereocenters. The van der Waals surface area contributed by atoms with Gasteiger partial charge in [0, 0.05) is 5.92 Å². The Morgan fingerprint density at radius 1 is 0.848 bits per heavy atom. The van der Waals surface area contributed by atoms with Gasteiger partial charge in [0.1, 0.15) is 18.7 Å². The number of carboxylic acids is 1. The second-order valence-corrected chi connectivity index (χ2v) is 7.88. The number of nitrogens with one attached hydrogen (secondary N) is 2. The quantitative estimate of drug-likeness (QED) is 0.513. The Morgan fingerprint density at radius 3 is 1.97 bits per heavy atom. The van der Waals surface area contributed by atoms with E-state index in [1.165, 1.54) is 6.92 Å². The van der Waals surface area contributed by atoms with E-state index in [2.05, 4.69) is 10.6 Å². The molecule has 0 saturated heterocycles. The highest BCUT2D eigenvalue weighted by Crippen LogP contribution is 2.44. The van der Waals surface area contributed by atoms with Crippen LogP contribution in [-0.2, 0) is 14.3 Å². The molecule has 168 valence electrons. The van der Waals surface area contributed by atoms with Crippen molar-refractivity contribution in [1.82, 2.24) is 10.6 Å². The van der Waals surface area contributed by atoms with Crippen molar-refractivity contribution in [3.8, 4) is 11.1 Å². The third-order valence-corrected chi connectivity index (χ3v) is 5.73. The van der Waals surface area contributed by atoms with Gasteiger partial charge in [0.25, 0.3) is 0 Å². The summed E-state index contributed by atoms with van der Waals surface area (Å²) in [5.74, 6) is -1.92. The second kappa shape index (κ2) is 9.56. The Labute approximate surface area is 191 Å². The zero-order valence-electron chi connectivity index (χ0n) is 18.0. The number of carbonyl (C=O) groups excluding carboxylic acids is 2. The number of benzene rings is 3. The van der Waals surface area contributed by atoms with Gasteiger partial charge in [-0.15, -0.1) is 0 Å². The highest BCUT2D eigenvalue weighted by molar-refractivity contribution is 5.90. The molecular weight excluding hydrogens is 420 g/mol. The van der Waals surface area contributed by atoms with E-state index in [1.54, 1.807) is 30.3 Å². The molecule has 7 heteroatoms. The number of carboxylic acid groups (broad SMARTS) is 1. The Bertz CT molecular complexity index is 1130. The topological polar surface area (TPSA) is 105 Å². The molecule has 3 N–H and O–H groups in total. The number of rotatable bonds is 7. The van der Waals surface area contributed by atoms with Crippen LogP contribution in [0.5, 0.6) is 0 Å². The van der Waals surface area contributed by atoms with Crippen molar-refractivity contribution < 1.29 is 24.2 Å². The van der Waals surface area contributed by atoms with Crippen LogP contribution in [0.1, 0.15) is 35.6 Å². The van der Waals surface area contributed by atoms with Gasteiger partial charge in [-0.05, 0) is 34.7 Å². The monoisotopic (exact) mass is 444 g/mol. The fourth-order valence-electron chi connectivity index (χ4n) is 4.06. The summed E-state index contributed by atoms with van der Waals surface area (Å²) in [6, 6.07) is 22.4. The Kier molecular flexibility index (Phi) is 6.40. The van der Waals surface area contributed by atoms with Crippen molar-refractivity contribution in [2.75, 3.05) is 6.61 Å².